The van der Waals surface area contributed by atoms with Gasteiger partial charge in [-0.2, -0.15) is 0 Å². The van der Waals surface area contributed by atoms with E-state index in [1.807, 2.05) is 66.7 Å². The second-order valence-electron chi connectivity index (χ2n) is 7.08. The number of fused-ring (bicyclic) bond motifs is 4. The lowest BCUT2D eigenvalue weighted by molar-refractivity contribution is -0.481. The van der Waals surface area contributed by atoms with E-state index in [-0.39, 0.29) is 17.4 Å². The van der Waals surface area contributed by atoms with Gasteiger partial charge in [-0.1, -0.05) is 72.8 Å². The van der Waals surface area contributed by atoms with Crippen molar-refractivity contribution in [3.8, 4) is 0 Å². The molecule has 1 aliphatic rings. The number of aromatic amines is 1. The Morgan fingerprint density at radius 2 is 1.61 bits per heavy atom. The minimum atomic E-state index is -0.310. The Morgan fingerprint density at radius 1 is 0.893 bits per heavy atom. The predicted octanol–water partition coefficient (Wildman–Crippen LogP) is 5.48. The van der Waals surface area contributed by atoms with Crippen molar-refractivity contribution in [2.24, 2.45) is 0 Å². The molecule has 4 aromatic rings. The van der Waals surface area contributed by atoms with Gasteiger partial charge >= 0.3 is 0 Å². The minimum Gasteiger partial charge on any atom is -0.354 e. The maximum atomic E-state index is 11.6. The quantitative estimate of drug-likeness (QED) is 0.386. The van der Waals surface area contributed by atoms with Crippen LogP contribution >= 0.6 is 0 Å². The van der Waals surface area contributed by atoms with E-state index in [2.05, 4.69) is 23.2 Å². The highest BCUT2D eigenvalue weighted by Gasteiger charge is 2.31. The van der Waals surface area contributed by atoms with E-state index in [1.54, 1.807) is 0 Å². The van der Waals surface area contributed by atoms with Crippen LogP contribution in [0.25, 0.3) is 22.6 Å². The number of hydrogen-bond donors (Lipinski definition) is 1. The molecule has 0 radical (unpaired) electrons. The van der Waals surface area contributed by atoms with Gasteiger partial charge in [0.25, 0.3) is 0 Å². The van der Waals surface area contributed by atoms with Crippen molar-refractivity contribution >= 4 is 22.6 Å². The van der Waals surface area contributed by atoms with E-state index in [0.717, 1.165) is 44.4 Å². The van der Waals surface area contributed by atoms with Crippen molar-refractivity contribution in [1.29, 1.82) is 0 Å². The van der Waals surface area contributed by atoms with Crippen molar-refractivity contribution in [3.63, 3.8) is 0 Å². The van der Waals surface area contributed by atoms with Crippen molar-refractivity contribution in [1.82, 2.24) is 4.98 Å². The zero-order valence-corrected chi connectivity index (χ0v) is 15.1. The Kier molecular flexibility index (Phi) is 3.83. The molecule has 5 rings (SSSR count). The first-order valence-electron chi connectivity index (χ1n) is 9.31. The fourth-order valence-electron chi connectivity index (χ4n) is 4.26. The highest BCUT2D eigenvalue weighted by molar-refractivity contribution is 6.00. The first kappa shape index (κ1) is 16.5. The van der Waals surface area contributed by atoms with Gasteiger partial charge in [0.05, 0.1) is 11.6 Å². The van der Waals surface area contributed by atoms with Crippen molar-refractivity contribution in [3.05, 3.63) is 117 Å². The molecule has 28 heavy (non-hydrogen) atoms. The highest BCUT2D eigenvalue weighted by atomic mass is 16.6. The van der Waals surface area contributed by atoms with Crippen molar-refractivity contribution in [2.45, 2.75) is 5.92 Å². The van der Waals surface area contributed by atoms with Crippen LogP contribution in [0.1, 0.15) is 33.9 Å². The molecule has 0 amide bonds. The summed E-state index contributed by atoms with van der Waals surface area (Å²) in [5, 5.41) is 12.6. The van der Waals surface area contributed by atoms with Crippen LogP contribution in [0.5, 0.6) is 0 Å². The Hall–Kier alpha value is -3.66. The average Bonchev–Trinajstić information content (AvgIpc) is 3.04. The first-order chi connectivity index (χ1) is 13.7. The molecule has 0 saturated heterocycles. The molecular weight excluding hydrogens is 348 g/mol. The largest absolute Gasteiger partial charge is 0.354 e. The number of nitro groups is 1. The SMILES string of the molecule is O=[N+]([O-])C[C@@H]1c2ccccc2C=C(c2ccccc2)c2[nH]c3ccccc3c21. The van der Waals surface area contributed by atoms with Crippen LogP contribution in [-0.2, 0) is 0 Å². The normalized spacial score (nSPS) is 15.4. The third kappa shape index (κ3) is 2.62. The van der Waals surface area contributed by atoms with Crippen LogP contribution in [0, 0.1) is 10.1 Å². The number of benzene rings is 3. The monoisotopic (exact) mass is 366 g/mol. The summed E-state index contributed by atoms with van der Waals surface area (Å²) in [5.74, 6) is -0.310. The molecule has 0 saturated carbocycles. The number of nitrogens with one attached hydrogen (secondary N) is 1. The lowest BCUT2D eigenvalue weighted by Crippen LogP contribution is -2.15. The molecule has 0 aliphatic heterocycles. The lowest BCUT2D eigenvalue weighted by Gasteiger charge is -2.15. The Bertz CT molecular complexity index is 1220. The topological polar surface area (TPSA) is 58.9 Å². The van der Waals surface area contributed by atoms with Gasteiger partial charge in [-0.05, 0) is 34.4 Å². The van der Waals surface area contributed by atoms with Crippen LogP contribution < -0.4 is 0 Å². The molecule has 4 heteroatoms. The Morgan fingerprint density at radius 3 is 2.43 bits per heavy atom. The van der Waals surface area contributed by atoms with Crippen molar-refractivity contribution in [2.75, 3.05) is 6.54 Å². The molecule has 1 heterocycles. The first-order valence-corrected chi connectivity index (χ1v) is 9.31. The zero-order chi connectivity index (χ0) is 19.1. The smallest absolute Gasteiger partial charge is 0.214 e. The summed E-state index contributed by atoms with van der Waals surface area (Å²) < 4.78 is 0. The van der Waals surface area contributed by atoms with Gasteiger partial charge in [0.2, 0.25) is 6.54 Å². The van der Waals surface area contributed by atoms with E-state index in [9.17, 15) is 10.1 Å². The predicted molar refractivity (Wildman–Crippen MR) is 112 cm³/mol. The van der Waals surface area contributed by atoms with Crippen LogP contribution in [0.2, 0.25) is 0 Å². The average molecular weight is 366 g/mol. The molecule has 0 unspecified atom stereocenters. The molecule has 1 N–H and O–H groups in total. The second kappa shape index (κ2) is 6.50. The summed E-state index contributed by atoms with van der Waals surface area (Å²) in [5.41, 5.74) is 7.15. The molecular formula is C24H18N2O2. The number of hydrogen-bond acceptors (Lipinski definition) is 2. The summed E-state index contributed by atoms with van der Waals surface area (Å²) in [7, 11) is 0. The van der Waals surface area contributed by atoms with Gasteiger partial charge in [0.15, 0.2) is 0 Å². The standard InChI is InChI=1S/C24H18N2O2/c27-26(28)15-21-18-11-5-4-10-17(18)14-20(16-8-2-1-3-9-16)24-23(21)19-12-6-7-13-22(19)25-24/h1-14,21,25H,15H2/t21-/m1/s1. The van der Waals surface area contributed by atoms with Gasteiger partial charge in [0.1, 0.15) is 0 Å². The van der Waals surface area contributed by atoms with E-state index >= 15 is 0 Å². The van der Waals surface area contributed by atoms with Crippen LogP contribution in [0.15, 0.2) is 78.9 Å². The molecule has 0 spiro atoms. The number of H-pyrrole nitrogens is 1. The van der Waals surface area contributed by atoms with Gasteiger partial charge < -0.3 is 4.98 Å². The van der Waals surface area contributed by atoms with E-state index in [0.29, 0.717) is 0 Å². The number of rotatable bonds is 3. The summed E-state index contributed by atoms with van der Waals surface area (Å²) >= 11 is 0. The van der Waals surface area contributed by atoms with Crippen LogP contribution in [0.3, 0.4) is 0 Å². The van der Waals surface area contributed by atoms with Gasteiger partial charge in [0, 0.05) is 21.4 Å². The maximum absolute atomic E-state index is 11.6. The molecule has 1 aliphatic carbocycles. The number of aromatic nitrogens is 1. The third-order valence-electron chi connectivity index (χ3n) is 5.45. The van der Waals surface area contributed by atoms with Gasteiger partial charge in [-0.15, -0.1) is 0 Å². The lowest BCUT2D eigenvalue weighted by atomic mass is 9.87. The Balaban J connectivity index is 1.88. The fourth-order valence-corrected chi connectivity index (χ4v) is 4.26. The Labute approximate surface area is 162 Å². The second-order valence-corrected chi connectivity index (χ2v) is 7.08. The summed E-state index contributed by atoms with van der Waals surface area (Å²) in [6.07, 6.45) is 2.15. The molecule has 0 bridgehead atoms. The van der Waals surface area contributed by atoms with E-state index in [1.165, 1.54) is 0 Å². The molecule has 4 nitrogen and oxygen atoms in total. The highest BCUT2D eigenvalue weighted by Crippen LogP contribution is 2.43. The summed E-state index contributed by atoms with van der Waals surface area (Å²) in [6.45, 7) is -0.137. The number of para-hydroxylation sites is 1. The minimum absolute atomic E-state index is 0.137. The van der Waals surface area contributed by atoms with Gasteiger partial charge in [-0.3, -0.25) is 10.1 Å². The van der Waals surface area contributed by atoms with Crippen LogP contribution in [-0.4, -0.2) is 16.5 Å². The number of nitrogens with zero attached hydrogens (tertiary/aromatic N) is 1. The van der Waals surface area contributed by atoms with Gasteiger partial charge in [-0.25, -0.2) is 0 Å². The maximum Gasteiger partial charge on any atom is 0.214 e. The van der Waals surface area contributed by atoms with Crippen molar-refractivity contribution < 1.29 is 4.92 Å². The van der Waals surface area contributed by atoms with Crippen LogP contribution in [0.4, 0.5) is 0 Å². The summed E-state index contributed by atoms with van der Waals surface area (Å²) in [6, 6.07) is 26.2. The third-order valence-corrected chi connectivity index (χ3v) is 5.45. The zero-order valence-electron chi connectivity index (χ0n) is 15.1. The molecule has 3 aromatic carbocycles. The molecule has 0 fully saturated rings. The fraction of sp³-hybridized carbons (Fsp3) is 0.0833. The molecule has 136 valence electrons. The molecule has 1 aromatic heterocycles. The van der Waals surface area contributed by atoms with E-state index in [4.69, 9.17) is 0 Å². The summed E-state index contributed by atoms with van der Waals surface area (Å²) in [4.78, 5) is 14.9. The van der Waals surface area contributed by atoms with E-state index < -0.39 is 0 Å². The molecule has 1 atom stereocenters.